The van der Waals surface area contributed by atoms with E-state index in [1.807, 2.05) is 61.5 Å². The first kappa shape index (κ1) is 16.2. The largest absolute Gasteiger partial charge is 0.266 e. The molecule has 1 aromatic heterocycles. The first-order chi connectivity index (χ1) is 11.6. The van der Waals surface area contributed by atoms with Crippen LogP contribution in [-0.4, -0.2) is 13.4 Å². The van der Waals surface area contributed by atoms with E-state index in [0.29, 0.717) is 5.69 Å². The topological polar surface area (TPSA) is 50.3 Å². The third-order valence-electron chi connectivity index (χ3n) is 3.68. The van der Waals surface area contributed by atoms with Crippen LogP contribution in [0.5, 0.6) is 0 Å². The molecule has 0 saturated carbocycles. The number of benzene rings is 2. The van der Waals surface area contributed by atoms with Gasteiger partial charge in [0.15, 0.2) is 0 Å². The molecule has 0 atom stereocenters. The maximum Gasteiger partial charge on any atom is 0.266 e. The molecule has 0 radical (unpaired) electrons. The molecule has 0 spiro atoms. The molecule has 4 nitrogen and oxygen atoms in total. The van der Waals surface area contributed by atoms with Gasteiger partial charge in [-0.25, -0.2) is 8.42 Å². The van der Waals surface area contributed by atoms with Gasteiger partial charge in [0.2, 0.25) is 0 Å². The molecular formula is C19H18N2O2S. The van der Waals surface area contributed by atoms with Crippen LogP contribution >= 0.6 is 0 Å². The second-order valence-corrected chi connectivity index (χ2v) is 7.39. The van der Waals surface area contributed by atoms with Gasteiger partial charge >= 0.3 is 0 Å². The lowest BCUT2D eigenvalue weighted by Gasteiger charge is -2.25. The molecule has 0 unspecified atom stereocenters. The molecule has 0 fully saturated rings. The summed E-state index contributed by atoms with van der Waals surface area (Å²) in [6.07, 6.45) is 2.94. The van der Waals surface area contributed by atoms with Crippen molar-refractivity contribution in [1.82, 2.24) is 4.98 Å². The summed E-state index contributed by atoms with van der Waals surface area (Å²) in [6, 6.07) is 20.2. The number of hydrogen-bond donors (Lipinski definition) is 0. The Labute approximate surface area is 142 Å². The monoisotopic (exact) mass is 338 g/mol. The predicted octanol–water partition coefficient (Wildman–Crippen LogP) is 3.79. The van der Waals surface area contributed by atoms with Gasteiger partial charge in [0.05, 0.1) is 12.2 Å². The van der Waals surface area contributed by atoms with Crippen molar-refractivity contribution < 1.29 is 8.42 Å². The molecule has 0 aliphatic rings. The number of aryl methyl sites for hydroxylation is 1. The minimum atomic E-state index is -3.70. The lowest BCUT2D eigenvalue weighted by atomic mass is 10.2. The van der Waals surface area contributed by atoms with Crippen molar-refractivity contribution in [2.45, 2.75) is 18.4 Å². The van der Waals surface area contributed by atoms with Crippen LogP contribution in [0.15, 0.2) is 84.0 Å². The van der Waals surface area contributed by atoms with Crippen molar-refractivity contribution in [2.75, 3.05) is 4.31 Å². The predicted molar refractivity (Wildman–Crippen MR) is 95.2 cm³/mol. The van der Waals surface area contributed by atoms with Crippen molar-refractivity contribution in [2.24, 2.45) is 0 Å². The van der Waals surface area contributed by atoms with Gasteiger partial charge in [0.25, 0.3) is 10.0 Å². The highest BCUT2D eigenvalue weighted by Crippen LogP contribution is 2.26. The van der Waals surface area contributed by atoms with Crippen molar-refractivity contribution >= 4 is 15.7 Å². The molecule has 0 N–H and O–H groups in total. The first-order valence-corrected chi connectivity index (χ1v) is 9.05. The Kier molecular flexibility index (Phi) is 4.62. The molecule has 122 valence electrons. The van der Waals surface area contributed by atoms with E-state index < -0.39 is 10.0 Å². The summed E-state index contributed by atoms with van der Waals surface area (Å²) in [7, 11) is -3.70. The third-order valence-corrected chi connectivity index (χ3v) is 5.44. The Morgan fingerprint density at radius 2 is 1.75 bits per heavy atom. The van der Waals surface area contributed by atoms with Crippen molar-refractivity contribution in [1.29, 1.82) is 0 Å². The van der Waals surface area contributed by atoms with Gasteiger partial charge in [-0.1, -0.05) is 42.5 Å². The van der Waals surface area contributed by atoms with Gasteiger partial charge < -0.3 is 0 Å². The second-order valence-electron chi connectivity index (χ2n) is 5.53. The van der Waals surface area contributed by atoms with E-state index >= 15 is 0 Å². The molecule has 0 amide bonds. The molecule has 0 aliphatic carbocycles. The maximum absolute atomic E-state index is 13.1. The zero-order chi connectivity index (χ0) is 17.0. The van der Waals surface area contributed by atoms with E-state index in [4.69, 9.17) is 0 Å². The standard InChI is InChI=1S/C19H18N2O2S/c1-16-7-5-10-18(13-16)21(15-17-8-3-2-4-9-17)24(22,23)19-11-6-12-20-14-19/h2-14H,15H2,1H3. The lowest BCUT2D eigenvalue weighted by Crippen LogP contribution is -2.30. The fraction of sp³-hybridized carbons (Fsp3) is 0.105. The van der Waals surface area contributed by atoms with E-state index in [2.05, 4.69) is 4.98 Å². The molecular weight excluding hydrogens is 320 g/mol. The van der Waals surface area contributed by atoms with Gasteiger partial charge in [-0.2, -0.15) is 0 Å². The molecule has 3 rings (SSSR count). The third kappa shape index (κ3) is 3.46. The van der Waals surface area contributed by atoms with E-state index in [-0.39, 0.29) is 11.4 Å². The zero-order valence-electron chi connectivity index (χ0n) is 13.3. The van der Waals surface area contributed by atoms with Crippen LogP contribution in [0, 0.1) is 6.92 Å². The summed E-state index contributed by atoms with van der Waals surface area (Å²) >= 11 is 0. The van der Waals surface area contributed by atoms with Crippen LogP contribution in [0.4, 0.5) is 5.69 Å². The molecule has 5 heteroatoms. The summed E-state index contributed by atoms with van der Waals surface area (Å²) in [6.45, 7) is 2.21. The average molecular weight is 338 g/mol. The van der Waals surface area contributed by atoms with Gasteiger partial charge in [0, 0.05) is 12.4 Å². The van der Waals surface area contributed by atoms with Crippen LogP contribution in [0.3, 0.4) is 0 Å². The Hall–Kier alpha value is -2.66. The van der Waals surface area contributed by atoms with Crippen LogP contribution in [0.25, 0.3) is 0 Å². The Morgan fingerprint density at radius 3 is 2.42 bits per heavy atom. The normalized spacial score (nSPS) is 11.2. The summed E-state index contributed by atoms with van der Waals surface area (Å²) in [4.78, 5) is 4.13. The Morgan fingerprint density at radius 1 is 0.958 bits per heavy atom. The highest BCUT2D eigenvalue weighted by Gasteiger charge is 2.25. The fourth-order valence-corrected chi connectivity index (χ4v) is 3.88. The molecule has 1 heterocycles. The summed E-state index contributed by atoms with van der Waals surface area (Å²) in [5, 5.41) is 0. The molecule has 3 aromatic rings. The van der Waals surface area contributed by atoms with Gasteiger partial charge in [-0.05, 0) is 42.3 Å². The number of hydrogen-bond acceptors (Lipinski definition) is 3. The molecule has 0 aliphatic heterocycles. The Bertz CT molecular complexity index is 910. The van der Waals surface area contributed by atoms with Gasteiger partial charge in [-0.15, -0.1) is 0 Å². The number of anilines is 1. The van der Waals surface area contributed by atoms with E-state index in [1.165, 1.54) is 10.5 Å². The minimum absolute atomic E-state index is 0.183. The van der Waals surface area contributed by atoms with Crippen LogP contribution in [0.2, 0.25) is 0 Å². The fourth-order valence-electron chi connectivity index (χ4n) is 2.47. The van der Waals surface area contributed by atoms with Gasteiger partial charge in [0.1, 0.15) is 4.90 Å². The first-order valence-electron chi connectivity index (χ1n) is 7.61. The summed E-state index contributed by atoms with van der Waals surface area (Å²) < 4.78 is 27.7. The Balaban J connectivity index is 2.08. The van der Waals surface area contributed by atoms with Crippen LogP contribution in [0.1, 0.15) is 11.1 Å². The minimum Gasteiger partial charge on any atom is -0.263 e. The summed E-state index contributed by atoms with van der Waals surface area (Å²) in [5.74, 6) is 0. The van der Waals surface area contributed by atoms with Crippen molar-refractivity contribution in [3.05, 3.63) is 90.3 Å². The van der Waals surface area contributed by atoms with Gasteiger partial charge in [-0.3, -0.25) is 9.29 Å². The number of pyridine rings is 1. The number of sulfonamides is 1. The molecule has 0 bridgehead atoms. The molecule has 0 saturated heterocycles. The van der Waals surface area contributed by atoms with Crippen LogP contribution in [-0.2, 0) is 16.6 Å². The summed E-state index contributed by atoms with van der Waals surface area (Å²) in [5.41, 5.74) is 2.57. The van der Waals surface area contributed by atoms with Crippen molar-refractivity contribution in [3.8, 4) is 0 Å². The molecule has 2 aromatic carbocycles. The van der Waals surface area contributed by atoms with E-state index in [1.54, 1.807) is 18.3 Å². The smallest absolute Gasteiger partial charge is 0.263 e. The highest BCUT2D eigenvalue weighted by atomic mass is 32.2. The lowest BCUT2D eigenvalue weighted by molar-refractivity contribution is 0.590. The van der Waals surface area contributed by atoms with E-state index in [0.717, 1.165) is 11.1 Å². The second kappa shape index (κ2) is 6.84. The maximum atomic E-state index is 13.1. The SMILES string of the molecule is Cc1cccc(N(Cc2ccccc2)S(=O)(=O)c2cccnc2)c1. The zero-order valence-corrected chi connectivity index (χ0v) is 14.1. The quantitative estimate of drug-likeness (QED) is 0.711. The van der Waals surface area contributed by atoms with Crippen LogP contribution < -0.4 is 4.31 Å². The van der Waals surface area contributed by atoms with Crippen molar-refractivity contribution in [3.63, 3.8) is 0 Å². The number of aromatic nitrogens is 1. The highest BCUT2D eigenvalue weighted by molar-refractivity contribution is 7.92. The number of rotatable bonds is 5. The molecule has 24 heavy (non-hydrogen) atoms. The average Bonchev–Trinajstić information content (AvgIpc) is 2.61. The number of nitrogens with zero attached hydrogens (tertiary/aromatic N) is 2. The van der Waals surface area contributed by atoms with E-state index in [9.17, 15) is 8.42 Å².